The van der Waals surface area contributed by atoms with Crippen molar-refractivity contribution in [2.24, 2.45) is 0 Å². The topological polar surface area (TPSA) is 101 Å². The SMILES string of the molecule is CC[C@H]1NC(=O)Nc2cc3cnn(CC)c3c(n2)CCCO[C@H]1[C@@H](C)O. The highest BCUT2D eigenvalue weighted by molar-refractivity contribution is 5.92. The maximum absolute atomic E-state index is 12.4. The Morgan fingerprint density at radius 2 is 2.27 bits per heavy atom. The fourth-order valence-corrected chi connectivity index (χ4v) is 3.46. The van der Waals surface area contributed by atoms with Crippen LogP contribution in [0.3, 0.4) is 0 Å². The molecule has 2 bridgehead atoms. The maximum Gasteiger partial charge on any atom is 0.320 e. The average molecular weight is 361 g/mol. The number of carbonyl (C=O) groups excluding carboxylic acids is 1. The average Bonchev–Trinajstić information content (AvgIpc) is 3.02. The fraction of sp³-hybridized carbons (Fsp3) is 0.611. The first-order valence-corrected chi connectivity index (χ1v) is 9.26. The summed E-state index contributed by atoms with van der Waals surface area (Å²) >= 11 is 0. The molecule has 2 aromatic rings. The van der Waals surface area contributed by atoms with Crippen molar-refractivity contribution >= 4 is 22.8 Å². The van der Waals surface area contributed by atoms with Crippen LogP contribution in [-0.2, 0) is 17.7 Å². The molecule has 0 saturated heterocycles. The Hall–Kier alpha value is -2.19. The summed E-state index contributed by atoms with van der Waals surface area (Å²) < 4.78 is 7.82. The van der Waals surface area contributed by atoms with E-state index in [1.165, 1.54) is 0 Å². The minimum atomic E-state index is -0.674. The summed E-state index contributed by atoms with van der Waals surface area (Å²) in [6.07, 6.45) is 2.82. The van der Waals surface area contributed by atoms with E-state index >= 15 is 0 Å². The summed E-state index contributed by atoms with van der Waals surface area (Å²) in [6.45, 7) is 6.92. The van der Waals surface area contributed by atoms with Crippen molar-refractivity contribution in [2.75, 3.05) is 11.9 Å². The number of aromatic nitrogens is 3. The zero-order valence-corrected chi connectivity index (χ0v) is 15.5. The molecule has 1 aliphatic rings. The molecule has 0 spiro atoms. The number of pyridine rings is 1. The van der Waals surface area contributed by atoms with E-state index in [1.54, 1.807) is 13.1 Å². The van der Waals surface area contributed by atoms with Crippen molar-refractivity contribution in [1.82, 2.24) is 20.1 Å². The molecule has 0 fully saturated rings. The molecule has 8 nitrogen and oxygen atoms in total. The lowest BCUT2D eigenvalue weighted by atomic mass is 10.0. The molecule has 0 aromatic carbocycles. The molecule has 0 radical (unpaired) electrons. The van der Waals surface area contributed by atoms with Gasteiger partial charge in [-0.3, -0.25) is 10.00 Å². The summed E-state index contributed by atoms with van der Waals surface area (Å²) in [7, 11) is 0. The number of rotatable bonds is 3. The summed E-state index contributed by atoms with van der Waals surface area (Å²) in [4.78, 5) is 17.1. The number of urea groups is 1. The molecule has 3 atom stereocenters. The van der Waals surface area contributed by atoms with Crippen molar-refractivity contribution in [1.29, 1.82) is 0 Å². The minimum Gasteiger partial charge on any atom is -0.391 e. The normalized spacial score (nSPS) is 22.8. The molecule has 8 heteroatoms. The number of anilines is 1. The number of carbonyl (C=O) groups is 1. The molecular weight excluding hydrogens is 334 g/mol. The molecule has 3 heterocycles. The van der Waals surface area contributed by atoms with E-state index in [-0.39, 0.29) is 12.1 Å². The van der Waals surface area contributed by atoms with Crippen molar-refractivity contribution in [3.05, 3.63) is 18.0 Å². The summed E-state index contributed by atoms with van der Waals surface area (Å²) in [5, 5.41) is 21.1. The summed E-state index contributed by atoms with van der Waals surface area (Å²) in [5.41, 5.74) is 1.89. The maximum atomic E-state index is 12.4. The van der Waals surface area contributed by atoms with Crippen molar-refractivity contribution in [2.45, 2.75) is 64.8 Å². The van der Waals surface area contributed by atoms with Gasteiger partial charge in [0, 0.05) is 18.5 Å². The minimum absolute atomic E-state index is 0.277. The van der Waals surface area contributed by atoms with Gasteiger partial charge in [0.2, 0.25) is 0 Å². The van der Waals surface area contributed by atoms with Crippen LogP contribution in [-0.4, -0.2) is 50.8 Å². The molecule has 0 aliphatic carbocycles. The quantitative estimate of drug-likeness (QED) is 0.777. The molecule has 2 amide bonds. The molecule has 2 aromatic heterocycles. The highest BCUT2D eigenvalue weighted by atomic mass is 16.5. The number of aryl methyl sites for hydroxylation is 2. The highest BCUT2D eigenvalue weighted by Crippen LogP contribution is 2.23. The van der Waals surface area contributed by atoms with Gasteiger partial charge < -0.3 is 15.2 Å². The molecule has 0 saturated carbocycles. The van der Waals surface area contributed by atoms with Gasteiger partial charge in [-0.1, -0.05) is 6.92 Å². The second kappa shape index (κ2) is 8.01. The standard InChI is InChI=1S/C18H27N5O3/c1-4-13-17(11(3)24)26-8-6-7-14-16-12(10-19-23(16)5-2)9-15(20-14)22-18(25)21-13/h9-11,13,17,24H,4-8H2,1-3H3,(H2,20,21,22,25)/t11-,13-,17+/m1/s1. The molecule has 1 aliphatic heterocycles. The van der Waals surface area contributed by atoms with Crippen LogP contribution in [0.1, 0.15) is 39.3 Å². The third kappa shape index (κ3) is 3.81. The lowest BCUT2D eigenvalue weighted by molar-refractivity contribution is -0.0482. The Kier molecular flexibility index (Phi) is 5.73. The number of hydrogen-bond donors (Lipinski definition) is 3. The van der Waals surface area contributed by atoms with Crippen LogP contribution >= 0.6 is 0 Å². The molecule has 3 N–H and O–H groups in total. The van der Waals surface area contributed by atoms with Gasteiger partial charge in [-0.15, -0.1) is 0 Å². The predicted molar refractivity (Wildman–Crippen MR) is 99.2 cm³/mol. The number of aliphatic hydroxyl groups is 1. The third-order valence-corrected chi connectivity index (χ3v) is 4.73. The zero-order chi connectivity index (χ0) is 18.7. The van der Waals surface area contributed by atoms with E-state index in [0.29, 0.717) is 25.3 Å². The smallest absolute Gasteiger partial charge is 0.320 e. The predicted octanol–water partition coefficient (Wildman–Crippen LogP) is 2.06. The highest BCUT2D eigenvalue weighted by Gasteiger charge is 2.27. The largest absolute Gasteiger partial charge is 0.391 e. The van der Waals surface area contributed by atoms with Crippen LogP contribution in [0, 0.1) is 0 Å². The summed E-state index contributed by atoms with van der Waals surface area (Å²) in [6, 6.07) is 1.21. The number of nitrogens with zero attached hydrogens (tertiary/aromatic N) is 3. The van der Waals surface area contributed by atoms with Crippen LogP contribution < -0.4 is 10.6 Å². The Balaban J connectivity index is 1.95. The van der Waals surface area contributed by atoms with Gasteiger partial charge >= 0.3 is 6.03 Å². The molecule has 0 unspecified atom stereocenters. The van der Waals surface area contributed by atoms with E-state index in [1.807, 2.05) is 24.6 Å². The lowest BCUT2D eigenvalue weighted by Gasteiger charge is -2.30. The van der Waals surface area contributed by atoms with Crippen LogP contribution in [0.4, 0.5) is 10.6 Å². The first-order chi connectivity index (χ1) is 12.5. The Bertz CT molecular complexity index is 774. The number of nitrogens with one attached hydrogen (secondary N) is 2. The monoisotopic (exact) mass is 361 g/mol. The van der Waals surface area contributed by atoms with E-state index in [0.717, 1.165) is 29.6 Å². The Morgan fingerprint density at radius 1 is 1.46 bits per heavy atom. The summed E-state index contributed by atoms with van der Waals surface area (Å²) in [5.74, 6) is 0.505. The van der Waals surface area contributed by atoms with Gasteiger partial charge in [0.1, 0.15) is 11.9 Å². The zero-order valence-electron chi connectivity index (χ0n) is 15.5. The van der Waals surface area contributed by atoms with E-state index in [9.17, 15) is 9.90 Å². The first kappa shape index (κ1) is 18.6. The van der Waals surface area contributed by atoms with Crippen molar-refractivity contribution in [3.8, 4) is 0 Å². The molecule has 26 heavy (non-hydrogen) atoms. The third-order valence-electron chi connectivity index (χ3n) is 4.73. The van der Waals surface area contributed by atoms with Crippen LogP contribution in [0.5, 0.6) is 0 Å². The van der Waals surface area contributed by atoms with Crippen molar-refractivity contribution < 1.29 is 14.6 Å². The number of amides is 2. The van der Waals surface area contributed by atoms with Gasteiger partial charge in [-0.25, -0.2) is 9.78 Å². The number of aliphatic hydroxyl groups excluding tert-OH is 1. The number of fused-ring (bicyclic) bond motifs is 4. The van der Waals surface area contributed by atoms with Crippen LogP contribution in [0.15, 0.2) is 12.3 Å². The lowest BCUT2D eigenvalue weighted by Crippen LogP contribution is -2.50. The van der Waals surface area contributed by atoms with Gasteiger partial charge in [0.05, 0.1) is 29.6 Å². The van der Waals surface area contributed by atoms with Gasteiger partial charge in [-0.05, 0) is 39.2 Å². The van der Waals surface area contributed by atoms with Crippen molar-refractivity contribution in [3.63, 3.8) is 0 Å². The molecule has 142 valence electrons. The van der Waals surface area contributed by atoms with E-state index < -0.39 is 12.2 Å². The Labute approximate surface area is 152 Å². The van der Waals surface area contributed by atoms with Gasteiger partial charge in [-0.2, -0.15) is 5.10 Å². The van der Waals surface area contributed by atoms with Gasteiger partial charge in [0.25, 0.3) is 0 Å². The number of ether oxygens (including phenoxy) is 1. The van der Waals surface area contributed by atoms with E-state index in [4.69, 9.17) is 4.74 Å². The second-order valence-electron chi connectivity index (χ2n) is 6.65. The van der Waals surface area contributed by atoms with Crippen LogP contribution in [0.2, 0.25) is 0 Å². The Morgan fingerprint density at radius 3 is 2.96 bits per heavy atom. The molecule has 3 rings (SSSR count). The van der Waals surface area contributed by atoms with E-state index in [2.05, 4.69) is 20.7 Å². The second-order valence-corrected chi connectivity index (χ2v) is 6.65. The first-order valence-electron chi connectivity index (χ1n) is 9.26. The number of hydrogen-bond acceptors (Lipinski definition) is 5. The van der Waals surface area contributed by atoms with Crippen LogP contribution in [0.25, 0.3) is 10.9 Å². The molecular formula is C18H27N5O3. The van der Waals surface area contributed by atoms with Gasteiger partial charge in [0.15, 0.2) is 0 Å². The fourth-order valence-electron chi connectivity index (χ4n) is 3.46.